The summed E-state index contributed by atoms with van der Waals surface area (Å²) in [6.45, 7) is 4.73. The Kier molecular flexibility index (Phi) is 4.36. The van der Waals surface area contributed by atoms with E-state index >= 15 is 0 Å². The molecular weight excluding hydrogens is 319 g/mol. The van der Waals surface area contributed by atoms with Gasteiger partial charge in [-0.3, -0.25) is 9.58 Å². The number of oxazole rings is 1. The number of aromatic nitrogens is 3. The van der Waals surface area contributed by atoms with Crippen molar-refractivity contribution in [1.29, 1.82) is 0 Å². The maximum atomic E-state index is 13.4. The van der Waals surface area contributed by atoms with Crippen molar-refractivity contribution in [3.63, 3.8) is 0 Å². The lowest BCUT2D eigenvalue weighted by Gasteiger charge is -2.23. The second-order valence-electron chi connectivity index (χ2n) is 6.66. The Morgan fingerprint density at radius 2 is 2.28 bits per heavy atom. The Bertz CT molecular complexity index is 856. The van der Waals surface area contributed by atoms with Gasteiger partial charge in [-0.05, 0) is 50.1 Å². The number of hydrogen-bond acceptors (Lipinski definition) is 4. The van der Waals surface area contributed by atoms with Crippen LogP contribution in [-0.4, -0.2) is 32.3 Å². The van der Waals surface area contributed by atoms with Crippen LogP contribution in [0.4, 0.5) is 4.39 Å². The summed E-state index contributed by atoms with van der Waals surface area (Å²) in [6, 6.07) is 6.77. The fourth-order valence-corrected chi connectivity index (χ4v) is 3.43. The average Bonchev–Trinajstić information content (AvgIpc) is 3.31. The highest BCUT2D eigenvalue weighted by molar-refractivity contribution is 5.52. The summed E-state index contributed by atoms with van der Waals surface area (Å²) < 4.78 is 20.9. The van der Waals surface area contributed by atoms with Crippen molar-refractivity contribution in [2.75, 3.05) is 6.54 Å². The topological polar surface area (TPSA) is 47.1 Å². The van der Waals surface area contributed by atoms with E-state index in [0.29, 0.717) is 17.5 Å². The molecule has 0 bridgehead atoms. The van der Waals surface area contributed by atoms with Gasteiger partial charge < -0.3 is 4.42 Å². The van der Waals surface area contributed by atoms with Gasteiger partial charge in [0.1, 0.15) is 12.1 Å². The number of halogens is 1. The highest BCUT2D eigenvalue weighted by Gasteiger charge is 2.26. The monoisotopic (exact) mass is 340 g/mol. The van der Waals surface area contributed by atoms with Crippen molar-refractivity contribution in [2.45, 2.75) is 38.9 Å². The molecule has 0 saturated carbocycles. The minimum atomic E-state index is -0.286. The van der Waals surface area contributed by atoms with Gasteiger partial charge in [-0.2, -0.15) is 5.10 Å². The number of rotatable bonds is 5. The van der Waals surface area contributed by atoms with Crippen LogP contribution in [0.15, 0.2) is 47.3 Å². The molecule has 130 valence electrons. The summed E-state index contributed by atoms with van der Waals surface area (Å²) in [4.78, 5) is 6.95. The molecule has 1 aliphatic rings. The molecule has 4 rings (SSSR count). The molecule has 1 aromatic carbocycles. The third-order valence-corrected chi connectivity index (χ3v) is 4.65. The van der Waals surface area contributed by atoms with E-state index in [1.807, 2.05) is 10.9 Å². The van der Waals surface area contributed by atoms with Crippen LogP contribution in [0.1, 0.15) is 24.1 Å². The molecule has 0 spiro atoms. The van der Waals surface area contributed by atoms with Crippen molar-refractivity contribution in [3.05, 3.63) is 60.0 Å². The highest BCUT2D eigenvalue weighted by Crippen LogP contribution is 2.24. The maximum Gasteiger partial charge on any atom is 0.226 e. The number of hydrogen-bond donors (Lipinski definition) is 0. The Morgan fingerprint density at radius 1 is 1.36 bits per heavy atom. The highest BCUT2D eigenvalue weighted by atomic mass is 19.1. The zero-order chi connectivity index (χ0) is 17.2. The maximum absolute atomic E-state index is 13.4. The summed E-state index contributed by atoms with van der Waals surface area (Å²) in [6.07, 6.45) is 7.98. The van der Waals surface area contributed by atoms with Gasteiger partial charge in [0, 0.05) is 24.3 Å². The molecule has 5 nitrogen and oxygen atoms in total. The zero-order valence-corrected chi connectivity index (χ0v) is 14.2. The Labute approximate surface area is 146 Å². The lowest BCUT2D eigenvalue weighted by Crippen LogP contribution is -2.32. The van der Waals surface area contributed by atoms with E-state index in [1.54, 1.807) is 18.4 Å². The van der Waals surface area contributed by atoms with E-state index in [2.05, 4.69) is 28.1 Å². The van der Waals surface area contributed by atoms with Crippen molar-refractivity contribution >= 4 is 0 Å². The third-order valence-electron chi connectivity index (χ3n) is 4.65. The van der Waals surface area contributed by atoms with Gasteiger partial charge in [0.2, 0.25) is 5.89 Å². The molecule has 0 unspecified atom stereocenters. The smallest absolute Gasteiger partial charge is 0.226 e. The van der Waals surface area contributed by atoms with E-state index in [1.165, 1.54) is 24.1 Å². The van der Waals surface area contributed by atoms with E-state index in [4.69, 9.17) is 4.42 Å². The van der Waals surface area contributed by atoms with E-state index in [9.17, 15) is 4.39 Å². The average molecular weight is 340 g/mol. The van der Waals surface area contributed by atoms with E-state index in [0.717, 1.165) is 31.7 Å². The molecule has 0 amide bonds. The molecule has 1 fully saturated rings. The lowest BCUT2D eigenvalue weighted by atomic mass is 10.2. The van der Waals surface area contributed by atoms with Crippen LogP contribution < -0.4 is 0 Å². The minimum Gasteiger partial charge on any atom is -0.444 e. The second kappa shape index (κ2) is 6.80. The first kappa shape index (κ1) is 16.0. The molecule has 2 aromatic heterocycles. The largest absolute Gasteiger partial charge is 0.444 e. The first-order valence-electron chi connectivity index (χ1n) is 8.61. The molecular formula is C19H21FN4O. The molecule has 1 saturated heterocycles. The van der Waals surface area contributed by atoms with E-state index < -0.39 is 0 Å². The Morgan fingerprint density at radius 3 is 3.08 bits per heavy atom. The van der Waals surface area contributed by atoms with Crippen molar-refractivity contribution in [1.82, 2.24) is 19.7 Å². The molecule has 0 aliphatic carbocycles. The van der Waals surface area contributed by atoms with Crippen LogP contribution >= 0.6 is 0 Å². The molecule has 3 aromatic rings. The van der Waals surface area contributed by atoms with Crippen LogP contribution in [0.25, 0.3) is 11.5 Å². The van der Waals surface area contributed by atoms with Crippen molar-refractivity contribution in [3.8, 4) is 11.5 Å². The van der Waals surface area contributed by atoms with Gasteiger partial charge in [-0.1, -0.05) is 6.07 Å². The van der Waals surface area contributed by atoms with E-state index in [-0.39, 0.29) is 5.82 Å². The Balaban J connectivity index is 1.44. The summed E-state index contributed by atoms with van der Waals surface area (Å²) in [5.74, 6) is 0.180. The molecule has 3 heterocycles. The molecule has 1 atom stereocenters. The van der Waals surface area contributed by atoms with Crippen LogP contribution in [0.3, 0.4) is 0 Å². The minimum absolute atomic E-state index is 0.286. The number of aryl methyl sites for hydroxylation is 1. The van der Waals surface area contributed by atoms with Crippen LogP contribution in [0.2, 0.25) is 0 Å². The SMILES string of the molecule is Cc1cnn(C[C@@H]2CCCN2Cc2coc(-c3cccc(F)c3)n2)c1. The van der Waals surface area contributed by atoms with Gasteiger partial charge in [0.15, 0.2) is 0 Å². The van der Waals surface area contributed by atoms with Gasteiger partial charge in [-0.25, -0.2) is 9.37 Å². The van der Waals surface area contributed by atoms with Crippen LogP contribution in [0.5, 0.6) is 0 Å². The standard InChI is InChI=1S/C19H21FN4O/c1-14-9-21-24(10-14)12-18-6-3-7-23(18)11-17-13-25-19(22-17)15-4-2-5-16(20)8-15/h2,4-5,8-10,13,18H,3,6-7,11-12H2,1H3/t18-/m0/s1. The Hall–Kier alpha value is -2.47. The quantitative estimate of drug-likeness (QED) is 0.711. The van der Waals surface area contributed by atoms with Gasteiger partial charge in [0.25, 0.3) is 0 Å². The fourth-order valence-electron chi connectivity index (χ4n) is 3.43. The fraction of sp³-hybridized carbons (Fsp3) is 0.368. The predicted molar refractivity (Wildman–Crippen MR) is 92.3 cm³/mol. The first-order chi connectivity index (χ1) is 12.2. The van der Waals surface area contributed by atoms with Gasteiger partial charge >= 0.3 is 0 Å². The number of likely N-dealkylation sites (tertiary alicyclic amines) is 1. The van der Waals surface area contributed by atoms with Gasteiger partial charge in [0.05, 0.1) is 18.4 Å². The van der Waals surface area contributed by atoms with Crippen molar-refractivity contribution < 1.29 is 8.81 Å². The van der Waals surface area contributed by atoms with Gasteiger partial charge in [-0.15, -0.1) is 0 Å². The molecule has 1 aliphatic heterocycles. The van der Waals surface area contributed by atoms with Crippen LogP contribution in [-0.2, 0) is 13.1 Å². The third kappa shape index (κ3) is 3.64. The summed E-state index contributed by atoms with van der Waals surface area (Å²) in [5.41, 5.74) is 2.72. The number of benzene rings is 1. The summed E-state index contributed by atoms with van der Waals surface area (Å²) >= 11 is 0. The van der Waals surface area contributed by atoms with Crippen LogP contribution in [0, 0.1) is 12.7 Å². The molecule has 0 radical (unpaired) electrons. The normalized spacial score (nSPS) is 18.1. The molecule has 0 N–H and O–H groups in total. The van der Waals surface area contributed by atoms with Crippen molar-refractivity contribution in [2.24, 2.45) is 0 Å². The molecule has 6 heteroatoms. The first-order valence-corrected chi connectivity index (χ1v) is 8.61. The molecule has 25 heavy (non-hydrogen) atoms. The lowest BCUT2D eigenvalue weighted by molar-refractivity contribution is 0.216. The summed E-state index contributed by atoms with van der Waals surface area (Å²) in [7, 11) is 0. The second-order valence-corrected chi connectivity index (χ2v) is 6.66. The predicted octanol–water partition coefficient (Wildman–Crippen LogP) is 3.65. The summed E-state index contributed by atoms with van der Waals surface area (Å²) in [5, 5.41) is 4.39. The zero-order valence-electron chi connectivity index (χ0n) is 14.2. The number of nitrogens with zero attached hydrogens (tertiary/aromatic N) is 4.